The van der Waals surface area contributed by atoms with E-state index in [0.29, 0.717) is 5.92 Å². The van der Waals surface area contributed by atoms with Crippen molar-refractivity contribution in [1.29, 1.82) is 0 Å². The van der Waals surface area contributed by atoms with E-state index >= 15 is 0 Å². The molecule has 0 saturated carbocycles. The molecule has 0 bridgehead atoms. The Morgan fingerprint density at radius 2 is 1.97 bits per heavy atom. The van der Waals surface area contributed by atoms with Gasteiger partial charge in [0.15, 0.2) is 5.82 Å². The summed E-state index contributed by atoms with van der Waals surface area (Å²) in [6.07, 6.45) is 8.21. The maximum absolute atomic E-state index is 4.69. The van der Waals surface area contributed by atoms with Gasteiger partial charge < -0.3 is 5.32 Å². The lowest BCUT2D eigenvalue weighted by atomic mass is 9.93. The Hall–Kier alpha value is -2.87. The summed E-state index contributed by atoms with van der Waals surface area (Å²) in [5, 5.41) is 10.5. The molecule has 1 aliphatic heterocycles. The van der Waals surface area contributed by atoms with Gasteiger partial charge in [-0.25, -0.2) is 19.9 Å². The summed E-state index contributed by atoms with van der Waals surface area (Å²) in [6.45, 7) is 9.11. The van der Waals surface area contributed by atoms with Crippen LogP contribution in [0.4, 0.5) is 11.6 Å². The minimum Gasteiger partial charge on any atom is -0.323 e. The van der Waals surface area contributed by atoms with Crippen molar-refractivity contribution in [2.24, 2.45) is 5.92 Å². The van der Waals surface area contributed by atoms with Crippen LogP contribution < -0.4 is 5.32 Å². The third-order valence-electron chi connectivity index (χ3n) is 5.44. The molecule has 4 heterocycles. The zero-order valence-corrected chi connectivity index (χ0v) is 18.0. The molecule has 1 aliphatic rings. The summed E-state index contributed by atoms with van der Waals surface area (Å²) in [4.78, 5) is 20.6. The van der Waals surface area contributed by atoms with Crippen LogP contribution in [-0.4, -0.2) is 48.1 Å². The number of H-pyrrole nitrogens is 1. The zero-order chi connectivity index (χ0) is 20.9. The first-order chi connectivity index (χ1) is 14.6. The number of aromatic amines is 1. The molecule has 1 fully saturated rings. The maximum Gasteiger partial charge on any atom is 0.153 e. The van der Waals surface area contributed by atoms with Gasteiger partial charge in [0.25, 0.3) is 0 Å². The molecule has 0 aliphatic carbocycles. The first-order valence-electron chi connectivity index (χ1n) is 10.7. The topological polar surface area (TPSA) is 95.5 Å². The largest absolute Gasteiger partial charge is 0.323 e. The van der Waals surface area contributed by atoms with Gasteiger partial charge in [-0.3, -0.25) is 10.00 Å². The Kier molecular flexibility index (Phi) is 6.32. The van der Waals surface area contributed by atoms with E-state index in [1.807, 2.05) is 38.4 Å². The van der Waals surface area contributed by atoms with Crippen LogP contribution in [0, 0.1) is 19.8 Å². The fraction of sp³-hybridized carbons (Fsp3) is 0.500. The molecule has 30 heavy (non-hydrogen) atoms. The van der Waals surface area contributed by atoms with Gasteiger partial charge in [0.2, 0.25) is 0 Å². The molecule has 0 amide bonds. The van der Waals surface area contributed by atoms with E-state index in [-0.39, 0.29) is 0 Å². The number of aromatic nitrogens is 6. The monoisotopic (exact) mass is 406 g/mol. The molecule has 1 unspecified atom stereocenters. The highest BCUT2D eigenvalue weighted by Gasteiger charge is 2.21. The van der Waals surface area contributed by atoms with Gasteiger partial charge in [-0.15, -0.1) is 0 Å². The molecule has 8 heteroatoms. The first kappa shape index (κ1) is 20.4. The first-order valence-corrected chi connectivity index (χ1v) is 10.7. The highest BCUT2D eigenvalue weighted by atomic mass is 15.2. The molecular formula is C22H30N8. The van der Waals surface area contributed by atoms with Gasteiger partial charge in [0.05, 0.1) is 0 Å². The fourth-order valence-corrected chi connectivity index (χ4v) is 4.07. The lowest BCUT2D eigenvalue weighted by Crippen LogP contribution is -2.36. The molecule has 4 rings (SSSR count). The number of likely N-dealkylation sites (tertiary alicyclic amines) is 1. The van der Waals surface area contributed by atoms with E-state index in [4.69, 9.17) is 0 Å². The Morgan fingerprint density at radius 3 is 2.70 bits per heavy atom. The third-order valence-corrected chi connectivity index (χ3v) is 5.44. The summed E-state index contributed by atoms with van der Waals surface area (Å²) in [5.41, 5.74) is 3.28. The minimum atomic E-state index is 0.587. The summed E-state index contributed by atoms with van der Waals surface area (Å²) >= 11 is 0. The van der Waals surface area contributed by atoms with Crippen LogP contribution >= 0.6 is 0 Å². The van der Waals surface area contributed by atoms with Crippen LogP contribution in [0.15, 0.2) is 24.5 Å². The number of anilines is 2. The van der Waals surface area contributed by atoms with E-state index in [0.717, 1.165) is 67.1 Å². The van der Waals surface area contributed by atoms with E-state index in [9.17, 15) is 0 Å². The van der Waals surface area contributed by atoms with Crippen LogP contribution in [0.5, 0.6) is 0 Å². The fourth-order valence-electron chi connectivity index (χ4n) is 4.07. The van der Waals surface area contributed by atoms with Crippen molar-refractivity contribution in [2.45, 2.75) is 53.0 Å². The minimum absolute atomic E-state index is 0.587. The van der Waals surface area contributed by atoms with Gasteiger partial charge in [-0.2, -0.15) is 5.10 Å². The number of rotatable bonds is 7. The molecule has 1 saturated heterocycles. The standard InChI is InChI=1S/C22H30N8/c1-4-20-23-11-18(12-24-20)14-30-7-5-6-17(13-30)9-19-10-21(26-16(3)25-19)27-22-8-15(2)28-29-22/h8,10-12,17H,4-7,9,13-14H2,1-3H3,(H2,25,26,27,28,29). The van der Waals surface area contributed by atoms with Gasteiger partial charge >= 0.3 is 0 Å². The van der Waals surface area contributed by atoms with Crippen LogP contribution in [0.25, 0.3) is 0 Å². The van der Waals surface area contributed by atoms with Crippen molar-refractivity contribution in [2.75, 3.05) is 18.4 Å². The predicted octanol–water partition coefficient (Wildman–Crippen LogP) is 3.37. The molecule has 158 valence electrons. The lowest BCUT2D eigenvalue weighted by Gasteiger charge is -2.32. The van der Waals surface area contributed by atoms with Gasteiger partial charge in [-0.1, -0.05) is 6.92 Å². The zero-order valence-electron chi connectivity index (χ0n) is 18.0. The number of piperidine rings is 1. The molecule has 3 aromatic rings. The van der Waals surface area contributed by atoms with Gasteiger partial charge in [0.1, 0.15) is 17.5 Å². The highest BCUT2D eigenvalue weighted by molar-refractivity contribution is 5.52. The molecule has 0 radical (unpaired) electrons. The number of hydrogen-bond donors (Lipinski definition) is 2. The van der Waals surface area contributed by atoms with E-state index in [1.54, 1.807) is 0 Å². The Morgan fingerprint density at radius 1 is 1.13 bits per heavy atom. The molecule has 3 aromatic heterocycles. The SMILES string of the molecule is CCc1ncc(CN2CCCC(Cc3cc(Nc4cc(C)[nH]n4)nc(C)n3)C2)cn1. The third kappa shape index (κ3) is 5.38. The summed E-state index contributed by atoms with van der Waals surface area (Å²) in [6, 6.07) is 4.01. The summed E-state index contributed by atoms with van der Waals surface area (Å²) in [7, 11) is 0. The molecule has 2 N–H and O–H groups in total. The lowest BCUT2D eigenvalue weighted by molar-refractivity contribution is 0.166. The Bertz CT molecular complexity index is 966. The second kappa shape index (κ2) is 9.30. The number of aryl methyl sites for hydroxylation is 3. The van der Waals surface area contributed by atoms with Crippen LogP contribution in [0.3, 0.4) is 0 Å². The molecule has 0 spiro atoms. The van der Waals surface area contributed by atoms with Gasteiger partial charge in [-0.05, 0) is 45.6 Å². The molecular weight excluding hydrogens is 376 g/mol. The van der Waals surface area contributed by atoms with Crippen molar-refractivity contribution in [3.63, 3.8) is 0 Å². The van der Waals surface area contributed by atoms with E-state index in [2.05, 4.69) is 47.3 Å². The molecule has 0 aromatic carbocycles. The van der Waals surface area contributed by atoms with Crippen LogP contribution in [0.1, 0.15) is 48.4 Å². The van der Waals surface area contributed by atoms with Crippen molar-refractivity contribution in [1.82, 2.24) is 35.0 Å². The maximum atomic E-state index is 4.69. The summed E-state index contributed by atoms with van der Waals surface area (Å²) in [5.74, 6) is 3.85. The normalized spacial score (nSPS) is 17.2. The van der Waals surface area contributed by atoms with E-state index < -0.39 is 0 Å². The molecule has 8 nitrogen and oxygen atoms in total. The smallest absolute Gasteiger partial charge is 0.153 e. The van der Waals surface area contributed by atoms with Crippen molar-refractivity contribution < 1.29 is 0 Å². The highest BCUT2D eigenvalue weighted by Crippen LogP contribution is 2.23. The second-order valence-electron chi connectivity index (χ2n) is 8.16. The Balaban J connectivity index is 1.38. The number of nitrogens with zero attached hydrogens (tertiary/aromatic N) is 6. The quantitative estimate of drug-likeness (QED) is 0.621. The van der Waals surface area contributed by atoms with Crippen LogP contribution in [0.2, 0.25) is 0 Å². The second-order valence-corrected chi connectivity index (χ2v) is 8.16. The van der Waals surface area contributed by atoms with E-state index in [1.165, 1.54) is 18.4 Å². The molecule has 1 atom stereocenters. The average molecular weight is 407 g/mol. The predicted molar refractivity (Wildman–Crippen MR) is 116 cm³/mol. The van der Waals surface area contributed by atoms with Crippen molar-refractivity contribution >= 4 is 11.6 Å². The van der Waals surface area contributed by atoms with Crippen molar-refractivity contribution in [3.8, 4) is 0 Å². The number of nitrogens with one attached hydrogen (secondary N) is 2. The summed E-state index contributed by atoms with van der Waals surface area (Å²) < 4.78 is 0. The Labute approximate surface area is 177 Å². The average Bonchev–Trinajstić information content (AvgIpc) is 3.13. The number of hydrogen-bond acceptors (Lipinski definition) is 7. The van der Waals surface area contributed by atoms with Crippen LogP contribution in [-0.2, 0) is 19.4 Å². The van der Waals surface area contributed by atoms with Crippen molar-refractivity contribution in [3.05, 3.63) is 53.1 Å². The van der Waals surface area contributed by atoms with Gasteiger partial charge in [0, 0.05) is 61.0 Å².